The van der Waals surface area contributed by atoms with Gasteiger partial charge in [0.25, 0.3) is 0 Å². The molecule has 4 rings (SSSR count). The van der Waals surface area contributed by atoms with Crippen molar-refractivity contribution in [3.63, 3.8) is 0 Å². The molecule has 0 radical (unpaired) electrons. The lowest BCUT2D eigenvalue weighted by Gasteiger charge is -2.31. The molecule has 1 aliphatic heterocycles. The summed E-state index contributed by atoms with van der Waals surface area (Å²) in [5, 5.41) is 7.17. The van der Waals surface area contributed by atoms with Crippen molar-refractivity contribution in [2.24, 2.45) is 11.8 Å². The number of hydrogen-bond acceptors (Lipinski definition) is 4. The van der Waals surface area contributed by atoms with E-state index in [4.69, 9.17) is 0 Å². The van der Waals surface area contributed by atoms with E-state index >= 15 is 0 Å². The molecule has 0 unspecified atom stereocenters. The summed E-state index contributed by atoms with van der Waals surface area (Å²) in [5.41, 5.74) is 2.22. The molecule has 2 amide bonds. The Morgan fingerprint density at radius 1 is 1.15 bits per heavy atom. The highest BCUT2D eigenvalue weighted by atomic mass is 32.2. The van der Waals surface area contributed by atoms with Crippen LogP contribution >= 0.6 is 0 Å². The van der Waals surface area contributed by atoms with Crippen molar-refractivity contribution in [1.29, 1.82) is 0 Å². The van der Waals surface area contributed by atoms with Gasteiger partial charge in [-0.15, -0.1) is 0 Å². The maximum absolute atomic E-state index is 13.1. The summed E-state index contributed by atoms with van der Waals surface area (Å²) in [7, 11) is -3.48. The van der Waals surface area contributed by atoms with Gasteiger partial charge in [-0.1, -0.05) is 31.0 Å². The van der Waals surface area contributed by atoms with E-state index in [1.807, 2.05) is 24.4 Å². The Morgan fingerprint density at radius 2 is 1.94 bits per heavy atom. The Hall–Kier alpha value is -2.39. The highest BCUT2D eigenvalue weighted by Gasteiger charge is 2.46. The molecule has 1 aromatic heterocycles. The molecule has 1 saturated heterocycles. The second kappa shape index (κ2) is 10.9. The molecule has 2 heterocycles. The Morgan fingerprint density at radius 3 is 2.76 bits per heavy atom. The number of aromatic amines is 1. The van der Waals surface area contributed by atoms with Gasteiger partial charge in [0.2, 0.25) is 21.8 Å². The van der Waals surface area contributed by atoms with Gasteiger partial charge in [-0.25, -0.2) is 8.42 Å². The van der Waals surface area contributed by atoms with Crippen LogP contribution in [0.25, 0.3) is 10.9 Å². The minimum Gasteiger partial charge on any atom is -0.361 e. The van der Waals surface area contributed by atoms with Crippen LogP contribution in [-0.2, 0) is 26.0 Å². The number of hydrogen-bond donors (Lipinski definition) is 3. The Kier molecular flexibility index (Phi) is 7.93. The molecule has 0 spiro atoms. The summed E-state index contributed by atoms with van der Waals surface area (Å²) >= 11 is 0. The molecule has 0 bridgehead atoms. The predicted molar refractivity (Wildman–Crippen MR) is 133 cm³/mol. The number of H-pyrrole nitrogens is 1. The summed E-state index contributed by atoms with van der Waals surface area (Å²) < 4.78 is 27.4. The van der Waals surface area contributed by atoms with Crippen LogP contribution in [0.15, 0.2) is 30.5 Å². The van der Waals surface area contributed by atoms with Gasteiger partial charge >= 0.3 is 0 Å². The van der Waals surface area contributed by atoms with Crippen LogP contribution in [0.1, 0.15) is 51.0 Å². The number of carbonyl (C=O) groups is 2. The Bertz CT molecular complexity index is 1110. The third-order valence-electron chi connectivity index (χ3n) is 7.30. The molecule has 1 saturated carbocycles. The summed E-state index contributed by atoms with van der Waals surface area (Å²) in [6.07, 6.45) is 7.01. The summed E-state index contributed by atoms with van der Waals surface area (Å²) in [4.78, 5) is 29.3. The van der Waals surface area contributed by atoms with Gasteiger partial charge < -0.3 is 15.6 Å². The standard InChI is InChI=1S/C25H36N4O4S/c1-2-34(32,33)29-14-8-4-3-7-12-26-25(31)21-15-19(16-23(21)29)24(30)27-13-11-18-17-28-22-10-6-5-9-20(18)22/h5-6,9-10,17,19,21,23,28H,2-4,7-8,11-16H2,1H3,(H,26,31)(H,27,30)/t19-,21-,23+/m1/s1. The van der Waals surface area contributed by atoms with Crippen LogP contribution in [0.4, 0.5) is 0 Å². The molecule has 2 aliphatic rings. The second-order valence-corrected chi connectivity index (χ2v) is 11.7. The lowest BCUT2D eigenvalue weighted by molar-refractivity contribution is -0.126. The highest BCUT2D eigenvalue weighted by molar-refractivity contribution is 7.89. The van der Waals surface area contributed by atoms with E-state index in [-0.39, 0.29) is 23.5 Å². The first-order valence-electron chi connectivity index (χ1n) is 12.5. The van der Waals surface area contributed by atoms with Gasteiger partial charge in [-0.05, 0) is 50.7 Å². The quantitative estimate of drug-likeness (QED) is 0.580. The van der Waals surface area contributed by atoms with Crippen molar-refractivity contribution in [1.82, 2.24) is 19.9 Å². The average molecular weight is 489 g/mol. The lowest BCUT2D eigenvalue weighted by atomic mass is 10.0. The van der Waals surface area contributed by atoms with E-state index in [2.05, 4.69) is 21.7 Å². The molecule has 2 aromatic rings. The van der Waals surface area contributed by atoms with Gasteiger partial charge in [0.1, 0.15) is 0 Å². The van der Waals surface area contributed by atoms with Gasteiger partial charge in [-0.2, -0.15) is 4.31 Å². The number of amides is 2. The minimum absolute atomic E-state index is 0.000671. The zero-order chi connectivity index (χ0) is 24.1. The Labute approximate surface area is 201 Å². The predicted octanol–water partition coefficient (Wildman–Crippen LogP) is 2.56. The smallest absolute Gasteiger partial charge is 0.224 e. The van der Waals surface area contributed by atoms with Gasteiger partial charge in [0.15, 0.2) is 0 Å². The van der Waals surface area contributed by atoms with Crippen molar-refractivity contribution in [3.05, 3.63) is 36.0 Å². The normalized spacial score (nSPS) is 24.9. The molecular formula is C25H36N4O4S. The number of para-hydroxylation sites is 1. The second-order valence-electron chi connectivity index (χ2n) is 9.46. The number of rotatable bonds is 6. The van der Waals surface area contributed by atoms with E-state index in [1.165, 1.54) is 4.31 Å². The first-order chi connectivity index (χ1) is 16.4. The topological polar surface area (TPSA) is 111 Å². The molecule has 1 aliphatic carbocycles. The van der Waals surface area contributed by atoms with Crippen molar-refractivity contribution in [2.45, 2.75) is 57.9 Å². The first-order valence-corrected chi connectivity index (χ1v) is 14.1. The fraction of sp³-hybridized carbons (Fsp3) is 0.600. The van der Waals surface area contributed by atoms with Gasteiger partial charge in [-0.3, -0.25) is 9.59 Å². The van der Waals surface area contributed by atoms with Crippen LogP contribution in [-0.4, -0.2) is 61.0 Å². The van der Waals surface area contributed by atoms with E-state index < -0.39 is 22.0 Å². The van der Waals surface area contributed by atoms with Crippen LogP contribution in [0.3, 0.4) is 0 Å². The molecule has 8 nitrogen and oxygen atoms in total. The SMILES string of the molecule is CCS(=O)(=O)N1CCCCCCNC(=O)[C@@H]2C[C@@H](C(=O)NCCc3c[nH]c4ccccc34)C[C@@H]21. The van der Waals surface area contributed by atoms with Crippen molar-refractivity contribution in [3.8, 4) is 0 Å². The summed E-state index contributed by atoms with van der Waals surface area (Å²) in [6, 6.07) is 7.60. The third kappa shape index (κ3) is 5.46. The third-order valence-corrected chi connectivity index (χ3v) is 9.20. The van der Waals surface area contributed by atoms with E-state index in [0.717, 1.165) is 42.1 Å². The van der Waals surface area contributed by atoms with Crippen LogP contribution in [0.5, 0.6) is 0 Å². The maximum atomic E-state index is 13.1. The van der Waals surface area contributed by atoms with Crippen LogP contribution in [0, 0.1) is 11.8 Å². The van der Waals surface area contributed by atoms with E-state index in [0.29, 0.717) is 38.9 Å². The molecular weight excluding hydrogens is 452 g/mol. The minimum atomic E-state index is -3.48. The van der Waals surface area contributed by atoms with Gasteiger partial charge in [0.05, 0.1) is 11.7 Å². The molecule has 186 valence electrons. The zero-order valence-electron chi connectivity index (χ0n) is 19.9. The van der Waals surface area contributed by atoms with Gasteiger partial charge in [0, 0.05) is 48.7 Å². The molecule has 1 aromatic carbocycles. The summed E-state index contributed by atoms with van der Waals surface area (Å²) in [6.45, 7) is 3.15. The number of aromatic nitrogens is 1. The maximum Gasteiger partial charge on any atom is 0.224 e. The Balaban J connectivity index is 1.44. The molecule has 34 heavy (non-hydrogen) atoms. The van der Waals surface area contributed by atoms with Crippen LogP contribution < -0.4 is 10.6 Å². The number of fused-ring (bicyclic) bond motifs is 2. The van der Waals surface area contributed by atoms with Crippen molar-refractivity contribution >= 4 is 32.7 Å². The van der Waals surface area contributed by atoms with E-state index in [1.54, 1.807) is 6.92 Å². The average Bonchev–Trinajstić information content (AvgIpc) is 3.44. The zero-order valence-corrected chi connectivity index (χ0v) is 20.7. The number of carbonyl (C=O) groups excluding carboxylic acids is 2. The largest absolute Gasteiger partial charge is 0.361 e. The number of benzene rings is 1. The number of nitrogens with zero attached hydrogens (tertiary/aromatic N) is 1. The fourth-order valence-corrected chi connectivity index (χ4v) is 6.78. The number of sulfonamides is 1. The van der Waals surface area contributed by atoms with Crippen molar-refractivity contribution in [2.75, 3.05) is 25.4 Å². The highest BCUT2D eigenvalue weighted by Crippen LogP contribution is 2.37. The molecule has 9 heteroatoms. The monoisotopic (exact) mass is 488 g/mol. The molecule has 3 atom stereocenters. The fourth-order valence-electron chi connectivity index (χ4n) is 5.40. The molecule has 2 fully saturated rings. The summed E-state index contributed by atoms with van der Waals surface area (Å²) in [5.74, 6) is -1.09. The first kappa shape index (κ1) is 24.7. The number of nitrogens with one attached hydrogen (secondary N) is 3. The molecule has 3 N–H and O–H groups in total. The van der Waals surface area contributed by atoms with E-state index in [9.17, 15) is 18.0 Å². The van der Waals surface area contributed by atoms with Crippen LogP contribution in [0.2, 0.25) is 0 Å². The van der Waals surface area contributed by atoms with Crippen molar-refractivity contribution < 1.29 is 18.0 Å². The lowest BCUT2D eigenvalue weighted by Crippen LogP contribution is -2.47.